The number of carbonyl (C=O) groups is 1. The number of amides is 1. The summed E-state index contributed by atoms with van der Waals surface area (Å²) in [4.78, 5) is 24.8. The smallest absolute Gasteiger partial charge is 0.311 e. The van der Waals surface area contributed by atoms with Crippen LogP contribution in [0, 0.1) is 16.0 Å². The number of nitrogens with one attached hydrogen (secondary N) is 1. The minimum Gasteiger partial charge on any atom is -0.366 e. The zero-order chi connectivity index (χ0) is 20.3. The highest BCUT2D eigenvalue weighted by molar-refractivity contribution is 7.90. The molecule has 0 radical (unpaired) electrons. The molecule has 1 aliphatic carbocycles. The highest BCUT2D eigenvalue weighted by atomic mass is 32.2. The van der Waals surface area contributed by atoms with Crippen LogP contribution < -0.4 is 10.2 Å². The molecule has 0 aromatic heterocycles. The van der Waals surface area contributed by atoms with E-state index in [9.17, 15) is 23.3 Å². The Morgan fingerprint density at radius 2 is 1.86 bits per heavy atom. The summed E-state index contributed by atoms with van der Waals surface area (Å²) in [7, 11) is -3.70. The molecule has 154 valence electrons. The van der Waals surface area contributed by atoms with Crippen molar-refractivity contribution in [2.45, 2.75) is 55.9 Å². The Morgan fingerprint density at radius 1 is 1.21 bits per heavy atom. The molecule has 1 saturated heterocycles. The predicted octanol–water partition coefficient (Wildman–Crippen LogP) is 2.66. The number of carbonyl (C=O) groups excluding carboxylic acids is 1. The van der Waals surface area contributed by atoms with Crippen LogP contribution in [0.1, 0.15) is 44.9 Å². The largest absolute Gasteiger partial charge is 0.366 e. The first kappa shape index (κ1) is 20.6. The van der Waals surface area contributed by atoms with Crippen LogP contribution in [0.25, 0.3) is 0 Å². The van der Waals surface area contributed by atoms with Gasteiger partial charge in [-0.05, 0) is 43.7 Å². The van der Waals surface area contributed by atoms with Crippen molar-refractivity contribution in [1.82, 2.24) is 5.32 Å². The second kappa shape index (κ2) is 8.46. The van der Waals surface area contributed by atoms with E-state index in [2.05, 4.69) is 5.32 Å². The van der Waals surface area contributed by atoms with Gasteiger partial charge in [-0.15, -0.1) is 0 Å². The van der Waals surface area contributed by atoms with Gasteiger partial charge in [0.25, 0.3) is 0 Å². The van der Waals surface area contributed by atoms with Crippen LogP contribution in [0.3, 0.4) is 0 Å². The summed E-state index contributed by atoms with van der Waals surface area (Å²) in [5.74, 6) is 0.594. The minimum absolute atomic E-state index is 0.0577. The second-order valence-electron chi connectivity index (χ2n) is 7.84. The molecular weight excluding hydrogens is 382 g/mol. The van der Waals surface area contributed by atoms with Gasteiger partial charge in [0.2, 0.25) is 5.91 Å². The quantitative estimate of drug-likeness (QED) is 0.571. The van der Waals surface area contributed by atoms with Gasteiger partial charge in [0.15, 0.2) is 9.84 Å². The number of nitro benzene ring substituents is 1. The molecule has 1 aliphatic heterocycles. The number of benzene rings is 1. The van der Waals surface area contributed by atoms with Crippen LogP contribution in [-0.2, 0) is 14.6 Å². The number of nitro groups is 1. The topological polar surface area (TPSA) is 110 Å². The number of nitrogens with zero attached hydrogens (tertiary/aromatic N) is 2. The molecule has 2 fully saturated rings. The first-order valence-electron chi connectivity index (χ1n) is 9.77. The summed E-state index contributed by atoms with van der Waals surface area (Å²) in [5, 5.41) is 14.7. The van der Waals surface area contributed by atoms with Crippen molar-refractivity contribution < 1.29 is 18.1 Å². The van der Waals surface area contributed by atoms with Crippen LogP contribution in [-0.4, -0.2) is 44.6 Å². The first-order valence-corrected chi connectivity index (χ1v) is 11.7. The van der Waals surface area contributed by atoms with Crippen molar-refractivity contribution in [3.8, 4) is 0 Å². The molecule has 1 aromatic carbocycles. The lowest BCUT2D eigenvalue weighted by Gasteiger charge is -2.34. The van der Waals surface area contributed by atoms with E-state index in [0.717, 1.165) is 19.1 Å². The third-order valence-corrected chi connectivity index (χ3v) is 6.84. The standard InChI is InChI=1S/C19H27N3O5S/c1-28(26,27)17-8-4-7-16(19(17)22(24)25)21-11-9-15(10-12-21)20-18(23)13-14-5-2-3-6-14/h4,7-8,14-15H,2-3,5-6,9-13H2,1H3,(H,20,23). The van der Waals surface area contributed by atoms with Gasteiger partial charge in [-0.2, -0.15) is 0 Å². The minimum atomic E-state index is -3.70. The average molecular weight is 410 g/mol. The maximum atomic E-state index is 12.2. The van der Waals surface area contributed by atoms with Crippen LogP contribution in [0.5, 0.6) is 0 Å². The molecular formula is C19H27N3O5S. The zero-order valence-electron chi connectivity index (χ0n) is 16.1. The first-order chi connectivity index (χ1) is 13.3. The summed E-state index contributed by atoms with van der Waals surface area (Å²) in [6.45, 7) is 1.06. The van der Waals surface area contributed by atoms with E-state index < -0.39 is 14.8 Å². The van der Waals surface area contributed by atoms with Gasteiger partial charge in [0.1, 0.15) is 10.6 Å². The van der Waals surface area contributed by atoms with E-state index >= 15 is 0 Å². The average Bonchev–Trinajstić information content (AvgIpc) is 3.13. The van der Waals surface area contributed by atoms with Crippen LogP contribution in [0.2, 0.25) is 0 Å². The maximum absolute atomic E-state index is 12.2. The van der Waals surface area contributed by atoms with Crippen molar-refractivity contribution in [1.29, 1.82) is 0 Å². The fourth-order valence-corrected chi connectivity index (χ4v) is 5.13. The number of hydrogen-bond acceptors (Lipinski definition) is 6. The molecule has 1 saturated carbocycles. The summed E-state index contributed by atoms with van der Waals surface area (Å²) in [6, 6.07) is 4.45. The van der Waals surface area contributed by atoms with Crippen LogP contribution in [0.15, 0.2) is 23.1 Å². The molecule has 3 rings (SSSR count). The molecule has 0 spiro atoms. The maximum Gasteiger partial charge on any atom is 0.311 e. The molecule has 1 amide bonds. The highest BCUT2D eigenvalue weighted by Crippen LogP contribution is 2.36. The number of rotatable bonds is 6. The van der Waals surface area contributed by atoms with E-state index in [4.69, 9.17) is 0 Å². The third kappa shape index (κ3) is 4.81. The summed E-state index contributed by atoms with van der Waals surface area (Å²) >= 11 is 0. The Morgan fingerprint density at radius 3 is 2.43 bits per heavy atom. The van der Waals surface area contributed by atoms with Gasteiger partial charge >= 0.3 is 5.69 Å². The second-order valence-corrected chi connectivity index (χ2v) is 9.82. The molecule has 28 heavy (non-hydrogen) atoms. The van der Waals surface area contributed by atoms with E-state index in [-0.39, 0.29) is 22.5 Å². The Bertz CT molecular complexity index is 841. The molecule has 0 bridgehead atoms. The summed E-state index contributed by atoms with van der Waals surface area (Å²) in [5.41, 5.74) is -0.0441. The molecule has 0 atom stereocenters. The van der Waals surface area contributed by atoms with Crippen molar-refractivity contribution in [2.24, 2.45) is 5.92 Å². The number of para-hydroxylation sites is 1. The van der Waals surface area contributed by atoms with Crippen LogP contribution >= 0.6 is 0 Å². The van der Waals surface area contributed by atoms with Gasteiger partial charge in [-0.25, -0.2) is 8.42 Å². The van der Waals surface area contributed by atoms with E-state index in [1.165, 1.54) is 25.0 Å². The molecule has 1 N–H and O–H groups in total. The number of anilines is 1. The number of piperidine rings is 1. The predicted molar refractivity (Wildman–Crippen MR) is 106 cm³/mol. The van der Waals surface area contributed by atoms with Crippen molar-refractivity contribution >= 4 is 27.1 Å². The Hall–Kier alpha value is -2.16. The lowest BCUT2D eigenvalue weighted by Crippen LogP contribution is -2.45. The monoisotopic (exact) mass is 409 g/mol. The lowest BCUT2D eigenvalue weighted by atomic mass is 10.0. The van der Waals surface area contributed by atoms with E-state index in [1.807, 2.05) is 4.90 Å². The molecule has 1 heterocycles. The molecule has 8 nitrogen and oxygen atoms in total. The number of hydrogen-bond donors (Lipinski definition) is 1. The normalized spacial score (nSPS) is 19.0. The van der Waals surface area contributed by atoms with Crippen LogP contribution in [0.4, 0.5) is 11.4 Å². The van der Waals surface area contributed by atoms with Gasteiger partial charge in [0, 0.05) is 31.8 Å². The highest BCUT2D eigenvalue weighted by Gasteiger charge is 2.31. The van der Waals surface area contributed by atoms with Gasteiger partial charge in [-0.3, -0.25) is 14.9 Å². The van der Waals surface area contributed by atoms with Crippen molar-refractivity contribution in [3.05, 3.63) is 28.3 Å². The van der Waals surface area contributed by atoms with E-state index in [1.54, 1.807) is 6.07 Å². The third-order valence-electron chi connectivity index (χ3n) is 5.71. The zero-order valence-corrected chi connectivity index (χ0v) is 16.9. The van der Waals surface area contributed by atoms with Gasteiger partial charge in [0.05, 0.1) is 4.92 Å². The van der Waals surface area contributed by atoms with Crippen molar-refractivity contribution in [3.63, 3.8) is 0 Å². The lowest BCUT2D eigenvalue weighted by molar-refractivity contribution is -0.387. The fourth-order valence-electron chi connectivity index (χ4n) is 4.28. The fraction of sp³-hybridized carbons (Fsp3) is 0.632. The van der Waals surface area contributed by atoms with Crippen molar-refractivity contribution in [2.75, 3.05) is 24.2 Å². The van der Waals surface area contributed by atoms with E-state index in [0.29, 0.717) is 44.0 Å². The molecule has 9 heteroatoms. The Kier molecular flexibility index (Phi) is 6.22. The summed E-state index contributed by atoms with van der Waals surface area (Å²) in [6.07, 6.45) is 7.60. The Balaban J connectivity index is 1.65. The SMILES string of the molecule is CS(=O)(=O)c1cccc(N2CCC(NC(=O)CC3CCCC3)CC2)c1[N+](=O)[O-]. The summed E-state index contributed by atoms with van der Waals surface area (Å²) < 4.78 is 23.9. The van der Waals surface area contributed by atoms with Gasteiger partial charge in [-0.1, -0.05) is 18.9 Å². The Labute approximate surface area is 165 Å². The molecule has 1 aromatic rings. The molecule has 0 unspecified atom stereocenters. The van der Waals surface area contributed by atoms with Gasteiger partial charge < -0.3 is 10.2 Å². The molecule has 2 aliphatic rings. The number of sulfone groups is 1.